The summed E-state index contributed by atoms with van der Waals surface area (Å²) < 4.78 is 0. The molecule has 18 heavy (non-hydrogen) atoms. The minimum atomic E-state index is 0.768. The Morgan fingerprint density at radius 2 is 1.44 bits per heavy atom. The lowest BCUT2D eigenvalue weighted by Crippen LogP contribution is -2.41. The summed E-state index contributed by atoms with van der Waals surface area (Å²) in [7, 11) is 0. The average Bonchev–Trinajstić information content (AvgIpc) is 2.33. The van der Waals surface area contributed by atoms with Crippen molar-refractivity contribution < 1.29 is 0 Å². The van der Waals surface area contributed by atoms with Crippen molar-refractivity contribution in [3.05, 3.63) is 12.2 Å². The zero-order valence-electron chi connectivity index (χ0n) is 12.2. The molecule has 0 heterocycles. The summed E-state index contributed by atoms with van der Waals surface area (Å²) in [5.74, 6) is 0.782. The van der Waals surface area contributed by atoms with Crippen LogP contribution in [-0.2, 0) is 0 Å². The first-order valence-corrected chi connectivity index (χ1v) is 8.17. The zero-order valence-corrected chi connectivity index (χ0v) is 12.2. The van der Waals surface area contributed by atoms with Crippen molar-refractivity contribution in [2.45, 2.75) is 89.6 Å². The molecule has 0 bridgehead atoms. The van der Waals surface area contributed by atoms with E-state index in [0.29, 0.717) is 0 Å². The molecule has 2 saturated carbocycles. The number of nitrogens with one attached hydrogen (secondary N) is 1. The minimum Gasteiger partial charge on any atom is -0.311 e. The van der Waals surface area contributed by atoms with Crippen molar-refractivity contribution in [2.75, 3.05) is 0 Å². The fourth-order valence-corrected chi connectivity index (χ4v) is 3.74. The van der Waals surface area contributed by atoms with E-state index in [4.69, 9.17) is 0 Å². The van der Waals surface area contributed by atoms with Crippen LogP contribution in [0.5, 0.6) is 0 Å². The highest BCUT2D eigenvalue weighted by Gasteiger charge is 2.24. The monoisotopic (exact) mass is 249 g/mol. The maximum absolute atomic E-state index is 4.16. The maximum Gasteiger partial charge on any atom is 0.00753 e. The van der Waals surface area contributed by atoms with Gasteiger partial charge in [-0.15, -0.1) is 0 Å². The highest BCUT2D eigenvalue weighted by molar-refractivity contribution is 4.99. The summed E-state index contributed by atoms with van der Waals surface area (Å²) in [6, 6.07) is 1.57. The highest BCUT2D eigenvalue weighted by atomic mass is 14.9. The second-order valence-electron chi connectivity index (χ2n) is 6.62. The van der Waals surface area contributed by atoms with Crippen molar-refractivity contribution in [3.63, 3.8) is 0 Å². The second-order valence-corrected chi connectivity index (χ2v) is 6.62. The summed E-state index contributed by atoms with van der Waals surface area (Å²) in [5.41, 5.74) is 1.40. The molecule has 1 heteroatoms. The van der Waals surface area contributed by atoms with Crippen LogP contribution in [0, 0.1) is 5.92 Å². The fourth-order valence-electron chi connectivity index (χ4n) is 3.74. The van der Waals surface area contributed by atoms with E-state index in [1.165, 1.54) is 76.2 Å². The molecule has 2 fully saturated rings. The molecule has 0 spiro atoms. The summed E-state index contributed by atoms with van der Waals surface area (Å²) in [6.45, 7) is 6.37. The first-order chi connectivity index (χ1) is 8.75. The van der Waals surface area contributed by atoms with E-state index in [-0.39, 0.29) is 0 Å². The van der Waals surface area contributed by atoms with Crippen molar-refractivity contribution in [1.29, 1.82) is 0 Å². The van der Waals surface area contributed by atoms with Gasteiger partial charge in [0.05, 0.1) is 0 Å². The van der Waals surface area contributed by atoms with Gasteiger partial charge in [0.1, 0.15) is 0 Å². The Labute approximate surface area is 113 Å². The molecule has 1 nitrogen and oxygen atoms in total. The number of rotatable bonds is 3. The van der Waals surface area contributed by atoms with Crippen LogP contribution in [0.3, 0.4) is 0 Å². The average molecular weight is 249 g/mol. The third kappa shape index (κ3) is 4.42. The Hall–Kier alpha value is -0.300. The lowest BCUT2D eigenvalue weighted by Gasteiger charge is -2.34. The van der Waals surface area contributed by atoms with Crippen molar-refractivity contribution >= 4 is 0 Å². The van der Waals surface area contributed by atoms with Crippen molar-refractivity contribution in [2.24, 2.45) is 5.92 Å². The Bertz CT molecular complexity index is 250. The maximum atomic E-state index is 4.16. The van der Waals surface area contributed by atoms with Gasteiger partial charge in [-0.3, -0.25) is 0 Å². The van der Waals surface area contributed by atoms with E-state index < -0.39 is 0 Å². The van der Waals surface area contributed by atoms with Crippen LogP contribution < -0.4 is 5.32 Å². The molecule has 0 saturated heterocycles. The van der Waals surface area contributed by atoms with E-state index in [0.717, 1.165) is 18.0 Å². The molecule has 0 radical (unpaired) electrons. The predicted octanol–water partition coefficient (Wildman–Crippen LogP) is 4.82. The fraction of sp³-hybridized carbons (Fsp3) is 0.882. The molecule has 0 amide bonds. The summed E-state index contributed by atoms with van der Waals surface area (Å²) >= 11 is 0. The van der Waals surface area contributed by atoms with Gasteiger partial charge in [0, 0.05) is 12.1 Å². The summed E-state index contributed by atoms with van der Waals surface area (Å²) in [4.78, 5) is 0. The Morgan fingerprint density at radius 3 is 2.11 bits per heavy atom. The molecule has 0 aliphatic heterocycles. The highest BCUT2D eigenvalue weighted by Crippen LogP contribution is 2.30. The summed E-state index contributed by atoms with van der Waals surface area (Å²) in [6.07, 6.45) is 15.6. The van der Waals surface area contributed by atoms with Crippen LogP contribution in [-0.4, -0.2) is 12.1 Å². The molecule has 0 aromatic carbocycles. The van der Waals surface area contributed by atoms with Gasteiger partial charge in [0.2, 0.25) is 0 Å². The molecule has 2 atom stereocenters. The largest absolute Gasteiger partial charge is 0.311 e. The van der Waals surface area contributed by atoms with Gasteiger partial charge >= 0.3 is 0 Å². The molecule has 0 aromatic rings. The quantitative estimate of drug-likeness (QED) is 0.707. The molecule has 2 rings (SSSR count). The first-order valence-electron chi connectivity index (χ1n) is 8.17. The molecular weight excluding hydrogens is 218 g/mol. The predicted molar refractivity (Wildman–Crippen MR) is 79.8 cm³/mol. The second kappa shape index (κ2) is 7.33. The SMILES string of the molecule is C=C(C)C1CCCC(NC2CCCCCCC2)C1. The van der Waals surface area contributed by atoms with Crippen LogP contribution in [0.4, 0.5) is 0 Å². The topological polar surface area (TPSA) is 12.0 Å². The molecule has 2 unspecified atom stereocenters. The number of hydrogen-bond donors (Lipinski definition) is 1. The zero-order chi connectivity index (χ0) is 12.8. The molecule has 2 aliphatic rings. The van der Waals surface area contributed by atoms with Crippen LogP contribution >= 0.6 is 0 Å². The van der Waals surface area contributed by atoms with E-state index in [9.17, 15) is 0 Å². The lowest BCUT2D eigenvalue weighted by atomic mass is 9.81. The molecule has 104 valence electrons. The van der Waals surface area contributed by atoms with Crippen LogP contribution in [0.2, 0.25) is 0 Å². The van der Waals surface area contributed by atoms with Crippen molar-refractivity contribution in [1.82, 2.24) is 5.32 Å². The minimum absolute atomic E-state index is 0.768. The third-order valence-electron chi connectivity index (χ3n) is 4.95. The van der Waals surface area contributed by atoms with Gasteiger partial charge in [-0.25, -0.2) is 0 Å². The van der Waals surface area contributed by atoms with Crippen LogP contribution in [0.15, 0.2) is 12.2 Å². The molecular formula is C17H31N. The standard InChI is InChI=1S/C17H31N/c1-14(2)15-9-8-12-17(13-15)18-16-10-6-4-3-5-7-11-16/h15-18H,1,3-13H2,2H3. The Morgan fingerprint density at radius 1 is 0.833 bits per heavy atom. The van der Waals surface area contributed by atoms with E-state index in [1.54, 1.807) is 0 Å². The lowest BCUT2D eigenvalue weighted by molar-refractivity contribution is 0.269. The van der Waals surface area contributed by atoms with Gasteiger partial charge < -0.3 is 5.32 Å². The molecule has 1 N–H and O–H groups in total. The normalized spacial score (nSPS) is 31.6. The van der Waals surface area contributed by atoms with Gasteiger partial charge in [-0.05, 0) is 44.9 Å². The number of hydrogen-bond acceptors (Lipinski definition) is 1. The third-order valence-corrected chi connectivity index (χ3v) is 4.95. The summed E-state index contributed by atoms with van der Waals surface area (Å²) in [5, 5.41) is 3.97. The Kier molecular flexibility index (Phi) is 5.75. The van der Waals surface area contributed by atoms with E-state index in [2.05, 4.69) is 18.8 Å². The Balaban J connectivity index is 1.78. The van der Waals surface area contributed by atoms with Gasteiger partial charge in [-0.2, -0.15) is 0 Å². The van der Waals surface area contributed by atoms with Crippen LogP contribution in [0.25, 0.3) is 0 Å². The van der Waals surface area contributed by atoms with E-state index in [1.807, 2.05) is 0 Å². The first kappa shape index (κ1) is 14.1. The van der Waals surface area contributed by atoms with Crippen LogP contribution in [0.1, 0.15) is 77.6 Å². The van der Waals surface area contributed by atoms with E-state index >= 15 is 0 Å². The van der Waals surface area contributed by atoms with Crippen molar-refractivity contribution in [3.8, 4) is 0 Å². The number of allylic oxidation sites excluding steroid dienone is 1. The van der Waals surface area contributed by atoms with Gasteiger partial charge in [0.25, 0.3) is 0 Å². The molecule has 0 aromatic heterocycles. The van der Waals surface area contributed by atoms with Gasteiger partial charge in [0.15, 0.2) is 0 Å². The van der Waals surface area contributed by atoms with Gasteiger partial charge in [-0.1, -0.05) is 50.7 Å². The molecule has 2 aliphatic carbocycles. The smallest absolute Gasteiger partial charge is 0.00753 e.